The fraction of sp³-hybridized carbons (Fsp3) is 1.00. The van der Waals surface area contributed by atoms with E-state index in [0.717, 1.165) is 32.4 Å². The van der Waals surface area contributed by atoms with Crippen molar-refractivity contribution in [2.45, 2.75) is 83.3 Å². The van der Waals surface area contributed by atoms with Gasteiger partial charge in [-0.15, -0.1) is 0 Å². The first kappa shape index (κ1) is 17.7. The smallest absolute Gasteiger partial charge is 0.0601 e. The Morgan fingerprint density at radius 2 is 1.70 bits per heavy atom. The van der Waals surface area contributed by atoms with Gasteiger partial charge in [0.25, 0.3) is 0 Å². The van der Waals surface area contributed by atoms with E-state index in [1.807, 2.05) is 0 Å². The molecule has 3 heteroatoms. The van der Waals surface area contributed by atoms with Gasteiger partial charge >= 0.3 is 0 Å². The highest BCUT2D eigenvalue weighted by Gasteiger charge is 2.35. The molecule has 2 aliphatic carbocycles. The van der Waals surface area contributed by atoms with E-state index in [1.165, 1.54) is 58.0 Å². The van der Waals surface area contributed by atoms with E-state index in [2.05, 4.69) is 11.8 Å². The number of likely N-dealkylation sites (tertiary alicyclic amines) is 1. The average molecular weight is 324 g/mol. The minimum atomic E-state index is -0.0525. The van der Waals surface area contributed by atoms with Gasteiger partial charge < -0.3 is 14.7 Å². The molecule has 1 saturated heterocycles. The zero-order valence-electron chi connectivity index (χ0n) is 15.1. The van der Waals surface area contributed by atoms with E-state index in [9.17, 15) is 5.11 Å². The fourth-order valence-corrected chi connectivity index (χ4v) is 5.17. The maximum atomic E-state index is 10.8. The summed E-state index contributed by atoms with van der Waals surface area (Å²) in [7, 11) is 0. The lowest BCUT2D eigenvalue weighted by Crippen LogP contribution is -2.39. The van der Waals surface area contributed by atoms with Gasteiger partial charge in [0.05, 0.1) is 18.8 Å². The molecule has 1 N–H and O–H groups in total. The monoisotopic (exact) mass is 323 g/mol. The molecule has 0 aromatic rings. The maximum Gasteiger partial charge on any atom is 0.0601 e. The molecular formula is C20H37NO2. The van der Waals surface area contributed by atoms with Crippen LogP contribution in [0.25, 0.3) is 0 Å². The highest BCUT2D eigenvalue weighted by molar-refractivity contribution is 4.86. The third-order valence-corrected chi connectivity index (χ3v) is 6.69. The molecule has 134 valence electrons. The Morgan fingerprint density at radius 1 is 0.957 bits per heavy atom. The topological polar surface area (TPSA) is 32.7 Å². The van der Waals surface area contributed by atoms with E-state index in [-0.39, 0.29) is 6.10 Å². The number of aliphatic hydroxyl groups excluding tert-OH is 1. The molecule has 0 amide bonds. The molecule has 3 rings (SSSR count). The van der Waals surface area contributed by atoms with Crippen molar-refractivity contribution in [2.24, 2.45) is 17.8 Å². The Labute approximate surface area is 142 Å². The molecule has 3 fully saturated rings. The predicted octanol–water partition coefficient (Wildman–Crippen LogP) is 3.84. The largest absolute Gasteiger partial charge is 0.393 e. The molecule has 1 heterocycles. The van der Waals surface area contributed by atoms with Gasteiger partial charge in [-0.25, -0.2) is 0 Å². The molecule has 0 bridgehead atoms. The molecule has 1 aliphatic heterocycles. The van der Waals surface area contributed by atoms with Crippen molar-refractivity contribution in [2.75, 3.05) is 26.2 Å². The van der Waals surface area contributed by atoms with Crippen LogP contribution in [-0.4, -0.2) is 48.5 Å². The third-order valence-electron chi connectivity index (χ3n) is 6.69. The van der Waals surface area contributed by atoms with Gasteiger partial charge in [0.1, 0.15) is 0 Å². The van der Waals surface area contributed by atoms with Gasteiger partial charge in [-0.05, 0) is 75.8 Å². The van der Waals surface area contributed by atoms with Gasteiger partial charge in [0, 0.05) is 6.54 Å². The average Bonchev–Trinajstić information content (AvgIpc) is 3.10. The predicted molar refractivity (Wildman–Crippen MR) is 94.5 cm³/mol. The van der Waals surface area contributed by atoms with E-state index in [0.29, 0.717) is 23.9 Å². The van der Waals surface area contributed by atoms with Crippen LogP contribution >= 0.6 is 0 Å². The summed E-state index contributed by atoms with van der Waals surface area (Å²) in [5.74, 6) is 1.70. The number of hydrogen-bond acceptors (Lipinski definition) is 3. The van der Waals surface area contributed by atoms with Gasteiger partial charge in [0.2, 0.25) is 0 Å². The Kier molecular flexibility index (Phi) is 6.79. The first-order valence-electron chi connectivity index (χ1n) is 10.3. The molecule has 0 radical (unpaired) electrons. The van der Waals surface area contributed by atoms with Crippen LogP contribution in [0.15, 0.2) is 0 Å². The van der Waals surface area contributed by atoms with Gasteiger partial charge in [0.15, 0.2) is 0 Å². The first-order chi connectivity index (χ1) is 11.2. The Balaban J connectivity index is 1.37. The fourth-order valence-electron chi connectivity index (χ4n) is 5.17. The molecule has 3 nitrogen and oxygen atoms in total. The van der Waals surface area contributed by atoms with Crippen molar-refractivity contribution in [3.63, 3.8) is 0 Å². The summed E-state index contributed by atoms with van der Waals surface area (Å²) in [6, 6.07) is 0. The third kappa shape index (κ3) is 4.93. The van der Waals surface area contributed by atoms with E-state index in [1.54, 1.807) is 0 Å². The van der Waals surface area contributed by atoms with Crippen LogP contribution in [0.2, 0.25) is 0 Å². The van der Waals surface area contributed by atoms with Crippen LogP contribution in [0.4, 0.5) is 0 Å². The second-order valence-electron chi connectivity index (χ2n) is 8.40. The normalized spacial score (nSPS) is 35.5. The lowest BCUT2D eigenvalue weighted by Gasteiger charge is -2.39. The molecule has 0 spiro atoms. The number of hydrogen-bond donors (Lipinski definition) is 1. The second-order valence-corrected chi connectivity index (χ2v) is 8.40. The van der Waals surface area contributed by atoms with Gasteiger partial charge in [-0.2, -0.15) is 0 Å². The van der Waals surface area contributed by atoms with Crippen LogP contribution in [0.3, 0.4) is 0 Å². The van der Waals surface area contributed by atoms with Crippen molar-refractivity contribution in [1.82, 2.24) is 4.90 Å². The SMILES string of the molecule is CC1CC(C(O)C2CCCCC2)CCC1OCCN1CCCC1. The zero-order valence-corrected chi connectivity index (χ0v) is 15.1. The first-order valence-corrected chi connectivity index (χ1v) is 10.3. The molecule has 3 aliphatic rings. The lowest BCUT2D eigenvalue weighted by molar-refractivity contribution is -0.0549. The number of rotatable bonds is 6. The van der Waals surface area contributed by atoms with Crippen molar-refractivity contribution < 1.29 is 9.84 Å². The van der Waals surface area contributed by atoms with Crippen molar-refractivity contribution >= 4 is 0 Å². The molecular weight excluding hydrogens is 286 g/mol. The number of ether oxygens (including phenoxy) is 1. The Hall–Kier alpha value is -0.120. The molecule has 2 saturated carbocycles. The standard InChI is InChI=1S/C20H37NO2/c1-16-15-18(20(22)17-7-3-2-4-8-17)9-10-19(16)23-14-13-21-11-5-6-12-21/h16-20,22H,2-15H2,1H3. The summed E-state index contributed by atoms with van der Waals surface area (Å²) >= 11 is 0. The van der Waals surface area contributed by atoms with Crippen LogP contribution in [0.1, 0.15) is 71.1 Å². The zero-order chi connectivity index (χ0) is 16.1. The molecule has 0 aromatic heterocycles. The van der Waals surface area contributed by atoms with Gasteiger partial charge in [-0.3, -0.25) is 0 Å². The molecule has 4 atom stereocenters. The number of aliphatic hydroxyl groups is 1. The van der Waals surface area contributed by atoms with Crippen LogP contribution in [-0.2, 0) is 4.74 Å². The van der Waals surface area contributed by atoms with E-state index >= 15 is 0 Å². The summed E-state index contributed by atoms with van der Waals surface area (Å²) in [5, 5.41) is 10.8. The second kappa shape index (κ2) is 8.82. The van der Waals surface area contributed by atoms with Crippen LogP contribution < -0.4 is 0 Å². The summed E-state index contributed by atoms with van der Waals surface area (Å²) in [6.07, 6.45) is 13.1. The van der Waals surface area contributed by atoms with Crippen molar-refractivity contribution in [1.29, 1.82) is 0 Å². The van der Waals surface area contributed by atoms with Crippen molar-refractivity contribution in [3.05, 3.63) is 0 Å². The van der Waals surface area contributed by atoms with Gasteiger partial charge in [-0.1, -0.05) is 26.2 Å². The minimum absolute atomic E-state index is 0.0525. The number of nitrogens with zero attached hydrogens (tertiary/aromatic N) is 1. The Morgan fingerprint density at radius 3 is 2.39 bits per heavy atom. The van der Waals surface area contributed by atoms with E-state index < -0.39 is 0 Å². The highest BCUT2D eigenvalue weighted by Crippen LogP contribution is 2.38. The summed E-state index contributed by atoms with van der Waals surface area (Å²) in [4.78, 5) is 2.53. The highest BCUT2D eigenvalue weighted by atomic mass is 16.5. The quantitative estimate of drug-likeness (QED) is 0.806. The summed E-state index contributed by atoms with van der Waals surface area (Å²) in [6.45, 7) is 6.86. The minimum Gasteiger partial charge on any atom is -0.393 e. The van der Waals surface area contributed by atoms with Crippen molar-refractivity contribution in [3.8, 4) is 0 Å². The summed E-state index contributed by atoms with van der Waals surface area (Å²) < 4.78 is 6.21. The molecule has 23 heavy (non-hydrogen) atoms. The molecule has 0 aromatic carbocycles. The Bertz CT molecular complexity index is 337. The maximum absolute atomic E-state index is 10.8. The molecule has 4 unspecified atom stereocenters. The van der Waals surface area contributed by atoms with Crippen LogP contribution in [0.5, 0.6) is 0 Å². The lowest BCUT2D eigenvalue weighted by atomic mass is 9.72. The summed E-state index contributed by atoms with van der Waals surface area (Å²) in [5.41, 5.74) is 0. The van der Waals surface area contributed by atoms with E-state index in [4.69, 9.17) is 4.74 Å². The van der Waals surface area contributed by atoms with Crippen LogP contribution in [0, 0.1) is 17.8 Å².